The van der Waals surface area contributed by atoms with Gasteiger partial charge in [-0.15, -0.1) is 0 Å². The van der Waals surface area contributed by atoms with Gasteiger partial charge in [0, 0.05) is 31.0 Å². The average molecular weight is 338 g/mol. The van der Waals surface area contributed by atoms with E-state index in [0.29, 0.717) is 13.2 Å². The molecular weight excluding hydrogens is 318 g/mol. The fraction of sp³-hybridized carbons (Fsp3) is 0.375. The Kier molecular flexibility index (Phi) is 6.25. The second-order valence-corrected chi connectivity index (χ2v) is 5.30. The van der Waals surface area contributed by atoms with Gasteiger partial charge < -0.3 is 15.4 Å². The van der Waals surface area contributed by atoms with E-state index in [4.69, 9.17) is 4.74 Å². The van der Waals surface area contributed by atoms with Gasteiger partial charge in [0.2, 0.25) is 0 Å². The summed E-state index contributed by atoms with van der Waals surface area (Å²) in [5, 5.41) is 9.36. The van der Waals surface area contributed by atoms with Crippen molar-refractivity contribution in [2.45, 2.75) is 26.1 Å². The monoisotopic (exact) mass is 338 g/mol. The van der Waals surface area contributed by atoms with Crippen LogP contribution in [-0.4, -0.2) is 29.5 Å². The number of nitrogens with zero attached hydrogens (tertiary/aromatic N) is 2. The summed E-state index contributed by atoms with van der Waals surface area (Å²) in [5.41, 5.74) is 0.920. The number of hydrogen-bond donors (Lipinski definition) is 2. The Morgan fingerprint density at radius 2 is 2.21 bits per heavy atom. The number of amides is 2. The normalized spacial score (nSPS) is 12.0. The summed E-state index contributed by atoms with van der Waals surface area (Å²) in [7, 11) is 1.61. The summed E-state index contributed by atoms with van der Waals surface area (Å²) in [4.78, 5) is 11.9. The molecule has 0 aliphatic heterocycles. The van der Waals surface area contributed by atoms with Crippen molar-refractivity contribution in [2.75, 3.05) is 13.7 Å². The first kappa shape index (κ1) is 17.9. The number of hydrogen-bond acceptors (Lipinski definition) is 3. The second-order valence-electron chi connectivity index (χ2n) is 5.30. The van der Waals surface area contributed by atoms with Crippen LogP contribution in [0.25, 0.3) is 0 Å². The van der Waals surface area contributed by atoms with Crippen molar-refractivity contribution in [2.24, 2.45) is 0 Å². The van der Waals surface area contributed by atoms with Crippen molar-refractivity contribution in [3.05, 3.63) is 53.4 Å². The molecule has 1 atom stereocenters. The van der Waals surface area contributed by atoms with Crippen LogP contribution >= 0.6 is 0 Å². The predicted molar refractivity (Wildman–Crippen MR) is 84.2 cm³/mol. The van der Waals surface area contributed by atoms with E-state index in [2.05, 4.69) is 15.7 Å². The summed E-state index contributed by atoms with van der Waals surface area (Å²) >= 11 is 0. The highest BCUT2D eigenvalue weighted by Crippen LogP contribution is 2.18. The number of urea groups is 1. The molecule has 2 amide bonds. The van der Waals surface area contributed by atoms with Crippen LogP contribution in [0.1, 0.15) is 24.1 Å². The standard InChI is InChI=1S/C16H20F2N4O2/c1-11(13-4-3-5-14(17)15(13)18)21-16(23)19-8-12-9-20-22(10-12)6-7-24-2/h3-5,9-11H,6-8H2,1-2H3,(H2,19,21,23). The molecule has 0 fully saturated rings. The molecule has 6 nitrogen and oxygen atoms in total. The molecule has 0 bridgehead atoms. The van der Waals surface area contributed by atoms with Crippen molar-refractivity contribution in [1.29, 1.82) is 0 Å². The van der Waals surface area contributed by atoms with Crippen LogP contribution in [0.15, 0.2) is 30.6 Å². The van der Waals surface area contributed by atoms with Crippen LogP contribution in [0.2, 0.25) is 0 Å². The van der Waals surface area contributed by atoms with E-state index < -0.39 is 23.7 Å². The van der Waals surface area contributed by atoms with Gasteiger partial charge in [0.15, 0.2) is 11.6 Å². The molecule has 1 unspecified atom stereocenters. The highest BCUT2D eigenvalue weighted by molar-refractivity contribution is 5.74. The third kappa shape index (κ3) is 4.76. The molecule has 130 valence electrons. The van der Waals surface area contributed by atoms with E-state index in [-0.39, 0.29) is 12.1 Å². The maximum atomic E-state index is 13.7. The van der Waals surface area contributed by atoms with Gasteiger partial charge in [-0.2, -0.15) is 5.10 Å². The summed E-state index contributed by atoms with van der Waals surface area (Å²) in [6.07, 6.45) is 3.45. The number of halogens is 2. The van der Waals surface area contributed by atoms with Crippen LogP contribution < -0.4 is 10.6 Å². The maximum Gasteiger partial charge on any atom is 0.315 e. The zero-order chi connectivity index (χ0) is 17.5. The number of methoxy groups -OCH3 is 1. The SMILES string of the molecule is COCCn1cc(CNC(=O)NC(C)c2cccc(F)c2F)cn1. The Balaban J connectivity index is 1.84. The van der Waals surface area contributed by atoms with Gasteiger partial charge in [0.1, 0.15) is 0 Å². The number of rotatable bonds is 7. The fourth-order valence-electron chi connectivity index (χ4n) is 2.17. The molecular formula is C16H20F2N4O2. The number of carbonyl (C=O) groups is 1. The third-order valence-electron chi connectivity index (χ3n) is 3.46. The van der Waals surface area contributed by atoms with Crippen LogP contribution in [0.3, 0.4) is 0 Å². The van der Waals surface area contributed by atoms with Crippen molar-refractivity contribution >= 4 is 6.03 Å². The molecule has 2 N–H and O–H groups in total. The summed E-state index contributed by atoms with van der Waals surface area (Å²) < 4.78 is 33.6. The second kappa shape index (κ2) is 8.39. The Hall–Kier alpha value is -2.48. The quantitative estimate of drug-likeness (QED) is 0.814. The van der Waals surface area contributed by atoms with E-state index in [0.717, 1.165) is 11.6 Å². The molecule has 1 heterocycles. The van der Waals surface area contributed by atoms with E-state index in [1.807, 2.05) is 0 Å². The molecule has 0 aliphatic carbocycles. The van der Waals surface area contributed by atoms with E-state index in [1.54, 1.807) is 31.1 Å². The van der Waals surface area contributed by atoms with E-state index in [9.17, 15) is 13.6 Å². The van der Waals surface area contributed by atoms with Gasteiger partial charge in [-0.25, -0.2) is 13.6 Å². The minimum absolute atomic E-state index is 0.0949. The highest BCUT2D eigenvalue weighted by Gasteiger charge is 2.16. The topological polar surface area (TPSA) is 68.2 Å². The predicted octanol–water partition coefficient (Wildman–Crippen LogP) is 2.37. The van der Waals surface area contributed by atoms with Gasteiger partial charge >= 0.3 is 6.03 Å². The number of carbonyl (C=O) groups excluding carboxylic acids is 1. The highest BCUT2D eigenvalue weighted by atomic mass is 19.2. The van der Waals surface area contributed by atoms with Gasteiger partial charge in [-0.3, -0.25) is 4.68 Å². The molecule has 8 heteroatoms. The van der Waals surface area contributed by atoms with Gasteiger partial charge in [-0.05, 0) is 13.0 Å². The first-order chi connectivity index (χ1) is 11.5. The van der Waals surface area contributed by atoms with Gasteiger partial charge in [0.25, 0.3) is 0 Å². The lowest BCUT2D eigenvalue weighted by Gasteiger charge is -2.15. The molecule has 2 aromatic rings. The lowest BCUT2D eigenvalue weighted by Crippen LogP contribution is -2.36. The summed E-state index contributed by atoms with van der Waals surface area (Å²) in [5.74, 6) is -1.89. The molecule has 24 heavy (non-hydrogen) atoms. The third-order valence-corrected chi connectivity index (χ3v) is 3.46. The molecule has 1 aromatic carbocycles. The molecule has 0 aliphatic rings. The van der Waals surface area contributed by atoms with E-state index >= 15 is 0 Å². The minimum Gasteiger partial charge on any atom is -0.383 e. The molecule has 1 aromatic heterocycles. The van der Waals surface area contributed by atoms with Crippen LogP contribution in [0.4, 0.5) is 13.6 Å². The number of ether oxygens (including phenoxy) is 1. The zero-order valence-corrected chi connectivity index (χ0v) is 13.6. The fourth-order valence-corrected chi connectivity index (χ4v) is 2.17. The number of nitrogens with one attached hydrogen (secondary N) is 2. The van der Waals surface area contributed by atoms with Crippen molar-refractivity contribution in [3.63, 3.8) is 0 Å². The molecule has 0 radical (unpaired) electrons. The first-order valence-electron chi connectivity index (χ1n) is 7.49. The Labute approximate surface area is 138 Å². The Morgan fingerprint density at radius 3 is 2.96 bits per heavy atom. The van der Waals surface area contributed by atoms with Crippen molar-refractivity contribution in [1.82, 2.24) is 20.4 Å². The lowest BCUT2D eigenvalue weighted by atomic mass is 10.1. The molecule has 0 spiro atoms. The van der Waals surface area contributed by atoms with E-state index in [1.165, 1.54) is 12.1 Å². The summed E-state index contributed by atoms with van der Waals surface area (Å²) in [6.45, 7) is 3.03. The molecule has 0 saturated heterocycles. The van der Waals surface area contributed by atoms with Gasteiger partial charge in [0.05, 0.1) is 25.4 Å². The van der Waals surface area contributed by atoms with Crippen LogP contribution in [-0.2, 0) is 17.8 Å². The van der Waals surface area contributed by atoms with Crippen LogP contribution in [0.5, 0.6) is 0 Å². The van der Waals surface area contributed by atoms with Crippen molar-refractivity contribution < 1.29 is 18.3 Å². The smallest absolute Gasteiger partial charge is 0.315 e. The average Bonchev–Trinajstić information content (AvgIpc) is 3.01. The number of benzene rings is 1. The Bertz CT molecular complexity index is 690. The number of aromatic nitrogens is 2. The minimum atomic E-state index is -0.954. The lowest BCUT2D eigenvalue weighted by molar-refractivity contribution is 0.183. The Morgan fingerprint density at radius 1 is 1.42 bits per heavy atom. The first-order valence-corrected chi connectivity index (χ1v) is 7.49. The van der Waals surface area contributed by atoms with Crippen LogP contribution in [0, 0.1) is 11.6 Å². The summed E-state index contributed by atoms with van der Waals surface area (Å²) in [6, 6.07) is 2.73. The maximum absolute atomic E-state index is 13.7. The zero-order valence-electron chi connectivity index (χ0n) is 13.6. The van der Waals surface area contributed by atoms with Crippen molar-refractivity contribution in [3.8, 4) is 0 Å². The molecule has 0 saturated carbocycles. The largest absolute Gasteiger partial charge is 0.383 e. The van der Waals surface area contributed by atoms with Gasteiger partial charge in [-0.1, -0.05) is 12.1 Å². The molecule has 2 rings (SSSR count).